The van der Waals surface area contributed by atoms with Crippen LogP contribution in [-0.2, 0) is 31.8 Å². The van der Waals surface area contributed by atoms with Crippen LogP contribution in [0.1, 0.15) is 38.3 Å². The zero-order valence-electron chi connectivity index (χ0n) is 35.5. The molecule has 0 saturated heterocycles. The van der Waals surface area contributed by atoms with Crippen molar-refractivity contribution in [3.8, 4) is 28.7 Å². The van der Waals surface area contributed by atoms with Crippen molar-refractivity contribution in [1.29, 1.82) is 0 Å². The summed E-state index contributed by atoms with van der Waals surface area (Å²) in [6.07, 6.45) is 5.47. The minimum absolute atomic E-state index is 0.126. The number of aliphatic imine (C=N–C) groups is 2. The number of hydrogen-bond acceptors (Lipinski definition) is 14. The summed E-state index contributed by atoms with van der Waals surface area (Å²) < 4.78 is 51.5. The lowest BCUT2D eigenvalue weighted by Crippen LogP contribution is -2.37. The van der Waals surface area contributed by atoms with Gasteiger partial charge in [-0.25, -0.2) is 0 Å². The van der Waals surface area contributed by atoms with Crippen molar-refractivity contribution in [3.63, 3.8) is 0 Å². The Morgan fingerprint density at radius 3 is 1.62 bits per heavy atom. The number of nitrogens with zero attached hydrogens (tertiary/aromatic N) is 4. The summed E-state index contributed by atoms with van der Waals surface area (Å²) >= 11 is 4.10. The van der Waals surface area contributed by atoms with Crippen LogP contribution >= 0.6 is 12.6 Å². The molecule has 4 aromatic rings. The van der Waals surface area contributed by atoms with Gasteiger partial charge in [-0.05, 0) is 47.5 Å². The number of carbonyl (C=O) groups is 2. The van der Waals surface area contributed by atoms with Crippen LogP contribution in [0.3, 0.4) is 0 Å². The first-order valence-electron chi connectivity index (χ1n) is 21.2. The van der Waals surface area contributed by atoms with Gasteiger partial charge in [0.15, 0.2) is 23.0 Å². The molecule has 2 atom stereocenters. The highest BCUT2D eigenvalue weighted by Crippen LogP contribution is 2.43. The van der Waals surface area contributed by atoms with E-state index in [4.69, 9.17) is 52.6 Å². The highest BCUT2D eigenvalue weighted by atomic mass is 32.1. The van der Waals surface area contributed by atoms with Crippen LogP contribution in [0, 0.1) is 0 Å². The Bertz CT molecular complexity index is 2320. The standard InChI is InChI=1S/C47H52N4O11S/c1-54-42-25-36-38(48-29-33-22-31-6-3-4-7-40(31)50(33)46(36)52)27-44(42)61-10-5-11-62-45-28-39-37(26-43(45)55-2)47(53)51-34(30-49-39)23-32-24-35(8-9-41(32)51)60-19-18-58-15-14-56-12-13-57-16-17-59-20-21-63/h3-4,6-9,24-30,33-34,63H,5,10-23H2,1-2H3/t33-,34-/m0/s1. The van der Waals surface area contributed by atoms with E-state index < -0.39 is 0 Å². The van der Waals surface area contributed by atoms with E-state index in [2.05, 4.69) is 12.6 Å². The maximum absolute atomic E-state index is 14.1. The molecule has 0 fully saturated rings. The van der Waals surface area contributed by atoms with Crippen LogP contribution in [0.2, 0.25) is 0 Å². The number of fused-ring (bicyclic) bond motifs is 8. The molecule has 0 unspecified atom stereocenters. The van der Waals surface area contributed by atoms with Gasteiger partial charge in [0, 0.05) is 61.0 Å². The van der Waals surface area contributed by atoms with Crippen molar-refractivity contribution in [3.05, 3.63) is 89.0 Å². The number of ether oxygens (including phenoxy) is 9. The summed E-state index contributed by atoms with van der Waals surface area (Å²) in [5.74, 6) is 2.90. The third-order valence-electron chi connectivity index (χ3n) is 11.0. The number of thiol groups is 1. The predicted octanol–water partition coefficient (Wildman–Crippen LogP) is 6.50. The fourth-order valence-electron chi connectivity index (χ4n) is 7.98. The predicted molar refractivity (Wildman–Crippen MR) is 242 cm³/mol. The Morgan fingerprint density at radius 1 is 0.556 bits per heavy atom. The number of hydrogen-bond donors (Lipinski definition) is 1. The van der Waals surface area contributed by atoms with E-state index in [1.54, 1.807) is 48.3 Å². The molecular formula is C47H52N4O11S. The van der Waals surface area contributed by atoms with Gasteiger partial charge < -0.3 is 42.6 Å². The molecule has 4 aliphatic heterocycles. The molecule has 0 aliphatic carbocycles. The highest BCUT2D eigenvalue weighted by molar-refractivity contribution is 7.80. The van der Waals surface area contributed by atoms with Crippen LogP contribution in [0.15, 0.2) is 76.7 Å². The van der Waals surface area contributed by atoms with Crippen molar-refractivity contribution in [2.24, 2.45) is 9.98 Å². The molecule has 8 rings (SSSR count). The second-order valence-corrected chi connectivity index (χ2v) is 15.4. The summed E-state index contributed by atoms with van der Waals surface area (Å²) in [4.78, 5) is 40.9. The van der Waals surface area contributed by atoms with Gasteiger partial charge in [0.05, 0.1) is 115 Å². The fourth-order valence-corrected chi connectivity index (χ4v) is 8.11. The lowest BCUT2D eigenvalue weighted by molar-refractivity contribution is -0.00319. The average Bonchev–Trinajstić information content (AvgIpc) is 3.79. The van der Waals surface area contributed by atoms with Crippen molar-refractivity contribution in [1.82, 2.24) is 0 Å². The molecule has 16 heteroatoms. The lowest BCUT2D eigenvalue weighted by Gasteiger charge is -2.22. The highest BCUT2D eigenvalue weighted by Gasteiger charge is 2.38. The van der Waals surface area contributed by atoms with Crippen LogP contribution in [0.5, 0.6) is 28.7 Å². The molecular weight excluding hydrogens is 829 g/mol. The Labute approximate surface area is 372 Å². The molecule has 0 aromatic heterocycles. The average molecular weight is 881 g/mol. The van der Waals surface area contributed by atoms with Crippen molar-refractivity contribution >= 4 is 59.6 Å². The van der Waals surface area contributed by atoms with Gasteiger partial charge in [0.25, 0.3) is 11.8 Å². The molecule has 63 heavy (non-hydrogen) atoms. The van der Waals surface area contributed by atoms with Crippen LogP contribution in [0.4, 0.5) is 22.7 Å². The van der Waals surface area contributed by atoms with E-state index in [9.17, 15) is 9.59 Å². The first-order chi connectivity index (χ1) is 31.0. The van der Waals surface area contributed by atoms with E-state index in [0.717, 1.165) is 22.5 Å². The maximum Gasteiger partial charge on any atom is 0.261 e. The number of methoxy groups -OCH3 is 2. The van der Waals surface area contributed by atoms with Gasteiger partial charge in [-0.1, -0.05) is 18.2 Å². The first-order valence-corrected chi connectivity index (χ1v) is 21.8. The number of para-hydroxylation sites is 1. The summed E-state index contributed by atoms with van der Waals surface area (Å²) in [7, 11) is 3.09. The van der Waals surface area contributed by atoms with E-state index in [-0.39, 0.29) is 23.9 Å². The summed E-state index contributed by atoms with van der Waals surface area (Å²) in [5, 5.41) is 0. The molecule has 0 saturated carbocycles. The minimum Gasteiger partial charge on any atom is -0.493 e. The number of benzene rings is 4. The van der Waals surface area contributed by atoms with E-state index in [0.29, 0.717) is 149 Å². The van der Waals surface area contributed by atoms with E-state index in [1.165, 1.54) is 0 Å². The molecule has 4 aliphatic rings. The van der Waals surface area contributed by atoms with Gasteiger partial charge in [0.2, 0.25) is 0 Å². The molecule has 4 heterocycles. The molecule has 0 spiro atoms. The Hall–Kier alpha value is -5.65. The molecule has 2 amide bonds. The smallest absolute Gasteiger partial charge is 0.261 e. The van der Waals surface area contributed by atoms with Crippen molar-refractivity contribution in [2.45, 2.75) is 31.3 Å². The van der Waals surface area contributed by atoms with Crippen LogP contribution < -0.4 is 33.5 Å². The van der Waals surface area contributed by atoms with E-state index in [1.807, 2.05) is 54.9 Å². The van der Waals surface area contributed by atoms with E-state index >= 15 is 0 Å². The zero-order chi connectivity index (χ0) is 43.5. The van der Waals surface area contributed by atoms with Crippen LogP contribution in [-0.4, -0.2) is 129 Å². The van der Waals surface area contributed by atoms with Gasteiger partial charge >= 0.3 is 0 Å². The topological polar surface area (TPSA) is 148 Å². The second-order valence-electron chi connectivity index (χ2n) is 15.0. The number of carbonyl (C=O) groups excluding carboxylic acids is 2. The normalized spacial score (nSPS) is 16.7. The third-order valence-corrected chi connectivity index (χ3v) is 11.2. The van der Waals surface area contributed by atoms with Gasteiger partial charge in [-0.3, -0.25) is 29.4 Å². The minimum atomic E-state index is -0.259. The summed E-state index contributed by atoms with van der Waals surface area (Å²) in [6.45, 7) is 5.02. The van der Waals surface area contributed by atoms with Gasteiger partial charge in [-0.2, -0.15) is 12.6 Å². The fraction of sp³-hybridized carbons (Fsp3) is 0.404. The number of anilines is 2. The maximum atomic E-state index is 14.1. The summed E-state index contributed by atoms with van der Waals surface area (Å²) in [6, 6.07) is 20.1. The zero-order valence-corrected chi connectivity index (χ0v) is 36.4. The number of rotatable bonds is 23. The van der Waals surface area contributed by atoms with Crippen molar-refractivity contribution in [2.75, 3.05) is 102 Å². The first kappa shape index (κ1) is 44.0. The van der Waals surface area contributed by atoms with Gasteiger partial charge in [0.1, 0.15) is 12.4 Å². The SMILES string of the molecule is COc1cc2c(cc1OCCCOc1cc3c(cc1OC)C(=O)N1c4ccc(OCCOCCOCCOCCOCCS)cc4C[C@H]1C=N3)N=C[C@@H]1Cc3ccccc3N1C2=O. The molecule has 0 N–H and O–H groups in total. The van der Waals surface area contributed by atoms with Gasteiger partial charge in [-0.15, -0.1) is 0 Å². The molecule has 332 valence electrons. The Balaban J connectivity index is 0.805. The lowest BCUT2D eigenvalue weighted by atomic mass is 10.1. The third kappa shape index (κ3) is 10.1. The Morgan fingerprint density at radius 2 is 1.06 bits per heavy atom. The largest absolute Gasteiger partial charge is 0.493 e. The molecule has 0 radical (unpaired) electrons. The molecule has 4 aromatic carbocycles. The quantitative estimate of drug-likeness (QED) is 0.0643. The summed E-state index contributed by atoms with van der Waals surface area (Å²) in [5.41, 5.74) is 5.74. The Kier molecular flexibility index (Phi) is 14.8. The number of amides is 2. The second kappa shape index (κ2) is 21.1. The molecule has 0 bridgehead atoms. The molecule has 15 nitrogen and oxygen atoms in total. The van der Waals surface area contributed by atoms with Crippen molar-refractivity contribution < 1.29 is 52.2 Å². The monoisotopic (exact) mass is 880 g/mol. The van der Waals surface area contributed by atoms with Crippen LogP contribution in [0.25, 0.3) is 0 Å².